The summed E-state index contributed by atoms with van der Waals surface area (Å²) in [6.07, 6.45) is 4.90. The predicted molar refractivity (Wildman–Crippen MR) is 88.5 cm³/mol. The van der Waals surface area contributed by atoms with Crippen molar-refractivity contribution in [1.29, 1.82) is 0 Å². The Bertz CT molecular complexity index is 555. The molecule has 8 heteroatoms. The van der Waals surface area contributed by atoms with E-state index < -0.39 is 20.2 Å². The van der Waals surface area contributed by atoms with Gasteiger partial charge in [0, 0.05) is 12.4 Å². The maximum Gasteiger partial charge on any atom is 0.613 e. The molecule has 1 N–H and O–H groups in total. The lowest BCUT2D eigenvalue weighted by Crippen LogP contribution is -2.33. The lowest BCUT2D eigenvalue weighted by atomic mass is 10.1. The van der Waals surface area contributed by atoms with Gasteiger partial charge in [0.2, 0.25) is 0 Å². The lowest BCUT2D eigenvalue weighted by Gasteiger charge is -2.12. The Hall–Kier alpha value is -1.40. The molecular formula is C16H24N2O5P+. The van der Waals surface area contributed by atoms with Crippen LogP contribution in [0.25, 0.3) is 0 Å². The molecule has 2 rings (SSSR count). The number of rotatable bonds is 8. The van der Waals surface area contributed by atoms with Crippen LogP contribution in [-0.2, 0) is 23.4 Å². The zero-order chi connectivity index (χ0) is 17.5. The van der Waals surface area contributed by atoms with Crippen LogP contribution in [0.2, 0.25) is 0 Å². The molecule has 0 bridgehead atoms. The normalized spacial score (nSPS) is 22.4. The minimum absolute atomic E-state index is 0.0207. The minimum Gasteiger partial charge on any atom is -0.462 e. The molecule has 1 aliphatic heterocycles. The first-order chi connectivity index (χ1) is 11.5. The van der Waals surface area contributed by atoms with E-state index in [-0.39, 0.29) is 24.9 Å². The van der Waals surface area contributed by atoms with Crippen LogP contribution < -0.4 is 5.09 Å². The monoisotopic (exact) mass is 355 g/mol. The van der Waals surface area contributed by atoms with E-state index in [4.69, 9.17) is 14.0 Å². The number of nitrogens with one attached hydrogen (secondary N) is 1. The summed E-state index contributed by atoms with van der Waals surface area (Å²) in [6.45, 7) is 5.33. The Balaban J connectivity index is 1.70. The van der Waals surface area contributed by atoms with Crippen molar-refractivity contribution in [3.05, 3.63) is 30.1 Å². The van der Waals surface area contributed by atoms with Gasteiger partial charge < -0.3 is 9.47 Å². The number of hydrogen-bond donors (Lipinski definition) is 1. The molecule has 0 radical (unpaired) electrons. The molecule has 1 aromatic heterocycles. The SMILES string of the molecule is CC(C)OC(=O)C(C)N[P+](=O)OCC1CCC(c2ccncc2)O1. The van der Waals surface area contributed by atoms with Crippen LogP contribution in [0, 0.1) is 0 Å². The number of hydrogen-bond acceptors (Lipinski definition) is 6. The smallest absolute Gasteiger partial charge is 0.462 e. The molecular weight excluding hydrogens is 331 g/mol. The maximum atomic E-state index is 11.9. The van der Waals surface area contributed by atoms with Crippen molar-refractivity contribution in [2.75, 3.05) is 6.61 Å². The van der Waals surface area contributed by atoms with Gasteiger partial charge in [-0.1, -0.05) is 5.09 Å². The van der Waals surface area contributed by atoms with Crippen molar-refractivity contribution in [3.63, 3.8) is 0 Å². The standard InChI is InChI=1S/C16H24N2O5P/c1-11(2)22-16(19)12(3)18-24(20)21-10-14-4-5-15(23-14)13-6-8-17-9-7-13/h6-9,11-12,14-15H,4-5,10H2,1-3H3,(H,18,20)/q+1. The molecule has 1 aliphatic rings. The molecule has 1 aromatic rings. The number of pyridine rings is 1. The largest absolute Gasteiger partial charge is 0.613 e. The van der Waals surface area contributed by atoms with Gasteiger partial charge in [0.25, 0.3) is 0 Å². The number of aromatic nitrogens is 1. The van der Waals surface area contributed by atoms with Crippen LogP contribution in [0.3, 0.4) is 0 Å². The third kappa shape index (κ3) is 5.91. The second kappa shape index (κ2) is 9.18. The lowest BCUT2D eigenvalue weighted by molar-refractivity contribution is -0.149. The summed E-state index contributed by atoms with van der Waals surface area (Å²) in [5, 5.41) is 2.60. The number of carbonyl (C=O) groups excluding carboxylic acids is 1. The molecule has 1 saturated heterocycles. The summed E-state index contributed by atoms with van der Waals surface area (Å²) >= 11 is 0. The molecule has 0 aromatic carbocycles. The molecule has 132 valence electrons. The van der Waals surface area contributed by atoms with Gasteiger partial charge in [-0.3, -0.25) is 9.78 Å². The van der Waals surface area contributed by atoms with Gasteiger partial charge in [0.05, 0.1) is 18.3 Å². The summed E-state index contributed by atoms with van der Waals surface area (Å²) in [5.41, 5.74) is 1.08. The first-order valence-corrected chi connectivity index (χ1v) is 9.25. The van der Waals surface area contributed by atoms with E-state index in [9.17, 15) is 9.36 Å². The van der Waals surface area contributed by atoms with Gasteiger partial charge in [0.1, 0.15) is 12.6 Å². The van der Waals surface area contributed by atoms with Gasteiger partial charge in [0.15, 0.2) is 0 Å². The second-order valence-electron chi connectivity index (χ2n) is 5.99. The van der Waals surface area contributed by atoms with Crippen LogP contribution in [0.4, 0.5) is 0 Å². The van der Waals surface area contributed by atoms with E-state index in [1.807, 2.05) is 12.1 Å². The molecule has 0 amide bonds. The number of ether oxygens (including phenoxy) is 2. The van der Waals surface area contributed by atoms with E-state index >= 15 is 0 Å². The summed E-state index contributed by atoms with van der Waals surface area (Å²) < 4.78 is 28.1. The van der Waals surface area contributed by atoms with Crippen molar-refractivity contribution in [1.82, 2.24) is 10.1 Å². The predicted octanol–water partition coefficient (Wildman–Crippen LogP) is 2.91. The van der Waals surface area contributed by atoms with Crippen molar-refractivity contribution in [3.8, 4) is 0 Å². The third-order valence-electron chi connectivity index (χ3n) is 3.57. The Morgan fingerprint density at radius 1 is 1.38 bits per heavy atom. The fourth-order valence-corrected chi connectivity index (χ4v) is 3.18. The van der Waals surface area contributed by atoms with E-state index in [0.29, 0.717) is 0 Å². The number of carbonyl (C=O) groups is 1. The van der Waals surface area contributed by atoms with Crippen molar-refractivity contribution >= 4 is 14.1 Å². The van der Waals surface area contributed by atoms with Crippen LogP contribution in [0.1, 0.15) is 45.3 Å². The van der Waals surface area contributed by atoms with Gasteiger partial charge in [-0.2, -0.15) is 0 Å². The zero-order valence-electron chi connectivity index (χ0n) is 14.2. The summed E-state index contributed by atoms with van der Waals surface area (Å²) in [5.74, 6) is -0.452. The van der Waals surface area contributed by atoms with E-state index in [1.165, 1.54) is 0 Å². The average molecular weight is 355 g/mol. The molecule has 24 heavy (non-hydrogen) atoms. The van der Waals surface area contributed by atoms with Gasteiger partial charge in [-0.15, -0.1) is 4.52 Å². The Morgan fingerprint density at radius 3 is 2.75 bits per heavy atom. The Labute approximate surface area is 143 Å². The van der Waals surface area contributed by atoms with E-state index in [0.717, 1.165) is 18.4 Å². The summed E-state index contributed by atoms with van der Waals surface area (Å²) in [6, 6.07) is 3.17. The van der Waals surface area contributed by atoms with Gasteiger partial charge in [-0.05, 0) is 55.9 Å². The summed E-state index contributed by atoms with van der Waals surface area (Å²) in [4.78, 5) is 15.6. The molecule has 0 aliphatic carbocycles. The van der Waals surface area contributed by atoms with Crippen LogP contribution >= 0.6 is 8.18 Å². The topological polar surface area (TPSA) is 86.8 Å². The first-order valence-electron chi connectivity index (χ1n) is 8.08. The fraction of sp³-hybridized carbons (Fsp3) is 0.625. The molecule has 7 nitrogen and oxygen atoms in total. The highest BCUT2D eigenvalue weighted by Crippen LogP contribution is 2.33. The molecule has 0 saturated carbocycles. The first kappa shape index (κ1) is 18.9. The van der Waals surface area contributed by atoms with Crippen LogP contribution in [0.5, 0.6) is 0 Å². The molecule has 4 atom stereocenters. The van der Waals surface area contributed by atoms with Crippen molar-refractivity contribution < 1.29 is 23.4 Å². The maximum absolute atomic E-state index is 11.9. The highest BCUT2D eigenvalue weighted by Gasteiger charge is 2.32. The molecule has 1 fully saturated rings. The van der Waals surface area contributed by atoms with Gasteiger partial charge in [-0.25, -0.2) is 0 Å². The number of nitrogens with zero attached hydrogens (tertiary/aromatic N) is 1. The van der Waals surface area contributed by atoms with Crippen molar-refractivity contribution in [2.24, 2.45) is 0 Å². The Morgan fingerprint density at radius 2 is 2.08 bits per heavy atom. The highest BCUT2D eigenvalue weighted by atomic mass is 31.1. The van der Waals surface area contributed by atoms with E-state index in [1.54, 1.807) is 33.2 Å². The average Bonchev–Trinajstić information content (AvgIpc) is 3.02. The van der Waals surface area contributed by atoms with Crippen molar-refractivity contribution in [2.45, 2.75) is 58.0 Å². The number of esters is 1. The fourth-order valence-electron chi connectivity index (χ4n) is 2.38. The van der Waals surface area contributed by atoms with Gasteiger partial charge >= 0.3 is 14.1 Å². The van der Waals surface area contributed by atoms with Crippen LogP contribution in [0.15, 0.2) is 24.5 Å². The van der Waals surface area contributed by atoms with Crippen LogP contribution in [-0.4, -0.2) is 35.8 Å². The third-order valence-corrected chi connectivity index (χ3v) is 4.55. The highest BCUT2D eigenvalue weighted by molar-refractivity contribution is 7.36. The molecule has 2 heterocycles. The molecule has 4 unspecified atom stereocenters. The minimum atomic E-state index is -2.15. The quantitative estimate of drug-likeness (QED) is 0.567. The Kier molecular flexibility index (Phi) is 7.24. The summed E-state index contributed by atoms with van der Waals surface area (Å²) in [7, 11) is -2.15. The second-order valence-corrected chi connectivity index (χ2v) is 7.02. The molecule has 0 spiro atoms. The van der Waals surface area contributed by atoms with E-state index in [2.05, 4.69) is 10.1 Å². The zero-order valence-corrected chi connectivity index (χ0v) is 15.1.